The Morgan fingerprint density at radius 3 is 2.21 bits per heavy atom. The van der Waals surface area contributed by atoms with Gasteiger partial charge in [-0.1, -0.05) is 23.3 Å². The van der Waals surface area contributed by atoms with Crippen molar-refractivity contribution in [1.29, 1.82) is 0 Å². The van der Waals surface area contributed by atoms with Crippen LogP contribution in [-0.4, -0.2) is 18.0 Å². The minimum absolute atomic E-state index is 0.125. The largest absolute Gasteiger partial charge is 0.392 e. The Morgan fingerprint density at radius 1 is 1.07 bits per heavy atom. The first-order valence-corrected chi connectivity index (χ1v) is 5.06. The van der Waals surface area contributed by atoms with Crippen LogP contribution in [0.15, 0.2) is 23.3 Å². The minimum atomic E-state index is 0.125. The van der Waals surface area contributed by atoms with E-state index in [4.69, 9.17) is 5.11 Å². The van der Waals surface area contributed by atoms with Gasteiger partial charge >= 0.3 is 0 Å². The van der Waals surface area contributed by atoms with Crippen LogP contribution in [0.4, 0.5) is 0 Å². The van der Waals surface area contributed by atoms with Crippen LogP contribution in [0.1, 0.15) is 39.5 Å². The summed E-state index contributed by atoms with van der Waals surface area (Å²) >= 11 is 0. The number of carbonyl (C=O) groups is 1. The van der Waals surface area contributed by atoms with E-state index in [-0.39, 0.29) is 6.61 Å². The van der Waals surface area contributed by atoms with Crippen molar-refractivity contribution in [2.24, 2.45) is 0 Å². The SMILES string of the molecule is CC(=CCO)CCC=C(C)CCC=O. The van der Waals surface area contributed by atoms with Gasteiger partial charge < -0.3 is 9.90 Å². The summed E-state index contributed by atoms with van der Waals surface area (Å²) in [6, 6.07) is 0. The van der Waals surface area contributed by atoms with Gasteiger partial charge in [-0.2, -0.15) is 0 Å². The smallest absolute Gasteiger partial charge is 0.120 e. The number of hydrogen-bond donors (Lipinski definition) is 1. The zero-order chi connectivity index (χ0) is 10.8. The summed E-state index contributed by atoms with van der Waals surface area (Å²) in [5, 5.41) is 8.63. The lowest BCUT2D eigenvalue weighted by molar-refractivity contribution is -0.107. The van der Waals surface area contributed by atoms with E-state index < -0.39 is 0 Å². The molecular weight excluding hydrogens is 176 g/mol. The van der Waals surface area contributed by atoms with Crippen molar-refractivity contribution in [2.75, 3.05) is 6.61 Å². The highest BCUT2D eigenvalue weighted by Gasteiger charge is 1.91. The standard InChI is InChI=1S/C12H20O2/c1-11(7-4-9-13)5-3-6-12(2)8-10-14/h5,8-9,14H,3-4,6-7,10H2,1-2H3. The fraction of sp³-hybridized carbons (Fsp3) is 0.583. The van der Waals surface area contributed by atoms with Crippen LogP contribution in [0.2, 0.25) is 0 Å². The van der Waals surface area contributed by atoms with E-state index in [1.807, 2.05) is 13.0 Å². The Balaban J connectivity index is 3.69. The Kier molecular flexibility index (Phi) is 8.14. The average Bonchev–Trinajstić information content (AvgIpc) is 2.15. The normalized spacial score (nSPS) is 13.1. The predicted octanol–water partition coefficient (Wildman–Crippen LogP) is 2.63. The molecule has 0 saturated heterocycles. The Hall–Kier alpha value is -0.890. The maximum Gasteiger partial charge on any atom is 0.120 e. The second kappa shape index (κ2) is 8.70. The highest BCUT2D eigenvalue weighted by Crippen LogP contribution is 2.09. The van der Waals surface area contributed by atoms with Crippen molar-refractivity contribution in [3.8, 4) is 0 Å². The number of carbonyl (C=O) groups excluding carboxylic acids is 1. The van der Waals surface area contributed by atoms with Gasteiger partial charge in [0.15, 0.2) is 0 Å². The maximum atomic E-state index is 10.1. The number of hydrogen-bond acceptors (Lipinski definition) is 2. The Morgan fingerprint density at radius 2 is 1.64 bits per heavy atom. The molecule has 0 aromatic carbocycles. The van der Waals surface area contributed by atoms with Crippen molar-refractivity contribution in [2.45, 2.75) is 39.5 Å². The molecule has 0 rings (SSSR count). The Labute approximate surface area is 86.3 Å². The van der Waals surface area contributed by atoms with E-state index in [2.05, 4.69) is 13.0 Å². The molecule has 0 saturated carbocycles. The molecular formula is C12H20O2. The third-order valence-corrected chi connectivity index (χ3v) is 2.13. The molecule has 0 amide bonds. The summed E-state index contributed by atoms with van der Waals surface area (Å²) < 4.78 is 0. The number of allylic oxidation sites excluding steroid dienone is 3. The first-order chi connectivity index (χ1) is 6.70. The molecule has 0 radical (unpaired) electrons. The van der Waals surface area contributed by atoms with E-state index in [1.54, 1.807) is 0 Å². The molecule has 0 spiro atoms. The molecule has 14 heavy (non-hydrogen) atoms. The zero-order valence-corrected chi connectivity index (χ0v) is 9.12. The first-order valence-electron chi connectivity index (χ1n) is 5.06. The molecule has 2 heteroatoms. The van der Waals surface area contributed by atoms with Gasteiger partial charge in [-0.15, -0.1) is 0 Å². The summed E-state index contributed by atoms with van der Waals surface area (Å²) in [7, 11) is 0. The molecule has 80 valence electrons. The number of aliphatic hydroxyl groups is 1. The number of aldehydes is 1. The molecule has 0 heterocycles. The van der Waals surface area contributed by atoms with Crippen LogP contribution in [0.25, 0.3) is 0 Å². The molecule has 1 N–H and O–H groups in total. The van der Waals surface area contributed by atoms with Crippen molar-refractivity contribution in [3.05, 3.63) is 23.3 Å². The van der Waals surface area contributed by atoms with Crippen LogP contribution in [0, 0.1) is 0 Å². The molecule has 0 aliphatic carbocycles. The molecule has 0 fully saturated rings. The maximum absolute atomic E-state index is 10.1. The van der Waals surface area contributed by atoms with Gasteiger partial charge in [0.1, 0.15) is 6.29 Å². The van der Waals surface area contributed by atoms with Crippen LogP contribution in [0.3, 0.4) is 0 Å². The summed E-state index contributed by atoms with van der Waals surface area (Å²) in [4.78, 5) is 10.1. The van der Waals surface area contributed by atoms with Gasteiger partial charge in [-0.05, 0) is 33.1 Å². The molecule has 0 aliphatic rings. The van der Waals surface area contributed by atoms with Gasteiger partial charge in [0.25, 0.3) is 0 Å². The summed E-state index contributed by atoms with van der Waals surface area (Å²) in [5.41, 5.74) is 2.49. The molecule has 2 nitrogen and oxygen atoms in total. The Bertz CT molecular complexity index is 214. The highest BCUT2D eigenvalue weighted by atomic mass is 16.2. The second-order valence-electron chi connectivity index (χ2n) is 3.53. The molecule has 0 aliphatic heterocycles. The lowest BCUT2D eigenvalue weighted by Gasteiger charge is -1.99. The number of aliphatic hydroxyl groups excluding tert-OH is 1. The van der Waals surface area contributed by atoms with Crippen molar-refractivity contribution >= 4 is 6.29 Å². The first kappa shape index (κ1) is 13.1. The third kappa shape index (κ3) is 7.74. The molecule has 0 atom stereocenters. The quantitative estimate of drug-likeness (QED) is 0.502. The van der Waals surface area contributed by atoms with E-state index in [1.165, 1.54) is 11.1 Å². The van der Waals surface area contributed by atoms with Crippen molar-refractivity contribution < 1.29 is 9.90 Å². The molecule has 0 unspecified atom stereocenters. The van der Waals surface area contributed by atoms with E-state index >= 15 is 0 Å². The van der Waals surface area contributed by atoms with Crippen molar-refractivity contribution in [3.63, 3.8) is 0 Å². The predicted molar refractivity (Wildman–Crippen MR) is 59.1 cm³/mol. The molecule has 0 aromatic rings. The monoisotopic (exact) mass is 196 g/mol. The lowest BCUT2D eigenvalue weighted by Crippen LogP contribution is -1.83. The zero-order valence-electron chi connectivity index (χ0n) is 9.12. The summed E-state index contributed by atoms with van der Waals surface area (Å²) in [6.07, 6.45) is 8.41. The highest BCUT2D eigenvalue weighted by molar-refractivity contribution is 5.49. The average molecular weight is 196 g/mol. The van der Waals surface area contributed by atoms with Crippen LogP contribution in [-0.2, 0) is 4.79 Å². The second-order valence-corrected chi connectivity index (χ2v) is 3.53. The number of rotatable bonds is 7. The molecule has 0 aromatic heterocycles. The lowest BCUT2D eigenvalue weighted by atomic mass is 10.1. The van der Waals surface area contributed by atoms with Gasteiger partial charge in [0.05, 0.1) is 6.61 Å². The van der Waals surface area contributed by atoms with E-state index in [0.29, 0.717) is 6.42 Å². The van der Waals surface area contributed by atoms with Crippen LogP contribution >= 0.6 is 0 Å². The van der Waals surface area contributed by atoms with Crippen LogP contribution < -0.4 is 0 Å². The topological polar surface area (TPSA) is 37.3 Å². The summed E-state index contributed by atoms with van der Waals surface area (Å²) in [5.74, 6) is 0. The van der Waals surface area contributed by atoms with Gasteiger partial charge in [-0.25, -0.2) is 0 Å². The van der Waals surface area contributed by atoms with Crippen molar-refractivity contribution in [1.82, 2.24) is 0 Å². The van der Waals surface area contributed by atoms with Gasteiger partial charge in [-0.3, -0.25) is 0 Å². The summed E-state index contributed by atoms with van der Waals surface area (Å²) in [6.45, 7) is 4.19. The van der Waals surface area contributed by atoms with Crippen LogP contribution in [0.5, 0.6) is 0 Å². The van der Waals surface area contributed by atoms with Gasteiger partial charge in [0, 0.05) is 6.42 Å². The minimum Gasteiger partial charge on any atom is -0.392 e. The fourth-order valence-corrected chi connectivity index (χ4v) is 1.19. The molecule has 0 bridgehead atoms. The third-order valence-electron chi connectivity index (χ3n) is 2.13. The van der Waals surface area contributed by atoms with E-state index in [0.717, 1.165) is 25.5 Å². The van der Waals surface area contributed by atoms with E-state index in [9.17, 15) is 4.79 Å². The van der Waals surface area contributed by atoms with Gasteiger partial charge in [0.2, 0.25) is 0 Å². The fourth-order valence-electron chi connectivity index (χ4n) is 1.19.